The van der Waals surface area contributed by atoms with Gasteiger partial charge in [0.1, 0.15) is 17.1 Å². The number of aromatic nitrogens is 1. The molecule has 21 heavy (non-hydrogen) atoms. The molecule has 6 heteroatoms. The first-order valence-electron chi connectivity index (χ1n) is 6.23. The highest BCUT2D eigenvalue weighted by Crippen LogP contribution is 2.34. The lowest BCUT2D eigenvalue weighted by molar-refractivity contribution is -0.137. The van der Waals surface area contributed by atoms with Crippen molar-refractivity contribution < 1.29 is 17.6 Å². The summed E-state index contributed by atoms with van der Waals surface area (Å²) in [4.78, 5) is 4.13. The van der Waals surface area contributed by atoms with Crippen LogP contribution in [0.1, 0.15) is 5.56 Å². The highest BCUT2D eigenvalue weighted by Gasteiger charge is 2.32. The summed E-state index contributed by atoms with van der Waals surface area (Å²) >= 11 is 0. The molecule has 0 aliphatic rings. The molecule has 3 aromatic rings. The normalized spacial score (nSPS) is 11.8. The van der Waals surface area contributed by atoms with Crippen molar-refractivity contribution in [2.24, 2.45) is 0 Å². The van der Waals surface area contributed by atoms with Gasteiger partial charge in [-0.05, 0) is 24.3 Å². The van der Waals surface area contributed by atoms with E-state index in [4.69, 9.17) is 4.42 Å². The third-order valence-electron chi connectivity index (χ3n) is 3.09. The summed E-state index contributed by atoms with van der Waals surface area (Å²) in [5, 5.41) is 3.45. The van der Waals surface area contributed by atoms with Crippen LogP contribution in [0.15, 0.2) is 46.9 Å². The van der Waals surface area contributed by atoms with E-state index in [1.165, 1.54) is 7.05 Å². The molecule has 3 nitrogen and oxygen atoms in total. The molecule has 0 bridgehead atoms. The number of hydrogen-bond acceptors (Lipinski definition) is 3. The van der Waals surface area contributed by atoms with Crippen LogP contribution in [0.4, 0.5) is 19.0 Å². The molecule has 0 saturated heterocycles. The van der Waals surface area contributed by atoms with Gasteiger partial charge in [0, 0.05) is 12.4 Å². The van der Waals surface area contributed by atoms with Crippen molar-refractivity contribution in [2.75, 3.05) is 12.4 Å². The van der Waals surface area contributed by atoms with Crippen LogP contribution in [0.5, 0.6) is 0 Å². The molecule has 0 saturated carbocycles. The smallest absolute Gasteiger partial charge is 0.416 e. The molecule has 0 atom stereocenters. The van der Waals surface area contributed by atoms with Gasteiger partial charge in [0.25, 0.3) is 0 Å². The minimum absolute atomic E-state index is 0.139. The Balaban J connectivity index is 2.16. The third-order valence-corrected chi connectivity index (χ3v) is 3.09. The largest absolute Gasteiger partial charge is 0.454 e. The van der Waals surface area contributed by atoms with Gasteiger partial charge in [-0.3, -0.25) is 0 Å². The minimum Gasteiger partial charge on any atom is -0.454 e. The fraction of sp³-hybridized carbons (Fsp3) is 0.133. The van der Waals surface area contributed by atoms with Crippen LogP contribution in [-0.2, 0) is 6.18 Å². The average Bonchev–Trinajstić information content (AvgIpc) is 2.89. The van der Waals surface area contributed by atoms with E-state index in [9.17, 15) is 13.2 Å². The molecule has 2 heterocycles. The van der Waals surface area contributed by atoms with E-state index in [-0.39, 0.29) is 11.5 Å². The van der Waals surface area contributed by atoms with E-state index in [0.29, 0.717) is 11.3 Å². The molecule has 3 rings (SSSR count). The van der Waals surface area contributed by atoms with Crippen molar-refractivity contribution in [2.45, 2.75) is 6.18 Å². The number of furan rings is 1. The Kier molecular flexibility index (Phi) is 3.08. The predicted molar refractivity (Wildman–Crippen MR) is 74.0 cm³/mol. The molecule has 108 valence electrons. The van der Waals surface area contributed by atoms with E-state index in [0.717, 1.165) is 17.5 Å². The van der Waals surface area contributed by atoms with Crippen LogP contribution in [0.3, 0.4) is 0 Å². The van der Waals surface area contributed by atoms with Gasteiger partial charge in [0.05, 0.1) is 5.56 Å². The molecule has 1 N–H and O–H groups in total. The Labute approximate surface area is 118 Å². The number of hydrogen-bond donors (Lipinski definition) is 1. The molecule has 2 aromatic heterocycles. The predicted octanol–water partition coefficient (Wildman–Crippen LogP) is 4.56. The van der Waals surface area contributed by atoms with Crippen molar-refractivity contribution >= 4 is 16.8 Å². The van der Waals surface area contributed by atoms with Crippen molar-refractivity contribution in [1.82, 2.24) is 4.98 Å². The lowest BCUT2D eigenvalue weighted by Crippen LogP contribution is -2.07. The van der Waals surface area contributed by atoms with Gasteiger partial charge in [0.2, 0.25) is 0 Å². The maximum atomic E-state index is 12.9. The average molecular weight is 292 g/mol. The first kappa shape index (κ1) is 13.5. The zero-order chi connectivity index (χ0) is 15.0. The van der Waals surface area contributed by atoms with Gasteiger partial charge in [-0.15, -0.1) is 0 Å². The molecule has 1 aromatic carbocycles. The standard InChI is InChI=1S/C15H11F3N2O/c1-19-14-8-10(15(16,17)18)7-11(20-14)13-6-9-4-2-3-5-12(9)21-13/h2-8H,1H3,(H,19,20). The number of rotatable bonds is 2. The summed E-state index contributed by atoms with van der Waals surface area (Å²) < 4.78 is 44.3. The Hall–Kier alpha value is -2.50. The van der Waals surface area contributed by atoms with Crippen molar-refractivity contribution in [3.63, 3.8) is 0 Å². The molecule has 0 aliphatic heterocycles. The number of fused-ring (bicyclic) bond motifs is 1. The van der Waals surface area contributed by atoms with Crippen molar-refractivity contribution in [3.05, 3.63) is 48.0 Å². The van der Waals surface area contributed by atoms with Crippen LogP contribution in [-0.4, -0.2) is 12.0 Å². The van der Waals surface area contributed by atoms with Crippen LogP contribution in [0, 0.1) is 0 Å². The topological polar surface area (TPSA) is 38.1 Å². The van der Waals surface area contributed by atoms with Gasteiger partial charge in [-0.1, -0.05) is 18.2 Å². The number of anilines is 1. The summed E-state index contributed by atoms with van der Waals surface area (Å²) in [7, 11) is 1.52. The second-order valence-electron chi connectivity index (χ2n) is 4.52. The van der Waals surface area contributed by atoms with Crippen molar-refractivity contribution in [3.8, 4) is 11.5 Å². The molecular weight excluding hydrogens is 281 g/mol. The summed E-state index contributed by atoms with van der Waals surface area (Å²) in [5.41, 5.74) is -0.0135. The van der Waals surface area contributed by atoms with E-state index >= 15 is 0 Å². The van der Waals surface area contributed by atoms with Crippen molar-refractivity contribution in [1.29, 1.82) is 0 Å². The monoisotopic (exact) mass is 292 g/mol. The van der Waals surface area contributed by atoms with Gasteiger partial charge in [-0.25, -0.2) is 4.98 Å². The van der Waals surface area contributed by atoms with Gasteiger partial charge < -0.3 is 9.73 Å². The Bertz CT molecular complexity index is 760. The van der Waals surface area contributed by atoms with E-state index in [1.807, 2.05) is 12.1 Å². The quantitative estimate of drug-likeness (QED) is 0.752. The first-order valence-corrected chi connectivity index (χ1v) is 6.23. The van der Waals surface area contributed by atoms with Crippen LogP contribution in [0.25, 0.3) is 22.4 Å². The molecule has 0 spiro atoms. The third kappa shape index (κ3) is 2.56. The number of halogens is 3. The SMILES string of the molecule is CNc1cc(C(F)(F)F)cc(-c2cc3ccccc3o2)n1. The lowest BCUT2D eigenvalue weighted by Gasteiger charge is -2.10. The van der Waals surface area contributed by atoms with E-state index < -0.39 is 11.7 Å². The molecule has 0 radical (unpaired) electrons. The van der Waals surface area contributed by atoms with Crippen LogP contribution < -0.4 is 5.32 Å². The highest BCUT2D eigenvalue weighted by atomic mass is 19.4. The van der Waals surface area contributed by atoms with Gasteiger partial charge in [-0.2, -0.15) is 13.2 Å². The fourth-order valence-electron chi connectivity index (χ4n) is 2.06. The number of benzene rings is 1. The van der Waals surface area contributed by atoms with Crippen LogP contribution in [0.2, 0.25) is 0 Å². The second kappa shape index (κ2) is 4.80. The fourth-order valence-corrected chi connectivity index (χ4v) is 2.06. The van der Waals surface area contributed by atoms with Gasteiger partial charge in [0.15, 0.2) is 5.76 Å². The number of nitrogens with one attached hydrogen (secondary N) is 1. The number of alkyl halides is 3. The van der Waals surface area contributed by atoms with Crippen LogP contribution >= 0.6 is 0 Å². The maximum Gasteiger partial charge on any atom is 0.416 e. The molecule has 0 unspecified atom stereocenters. The zero-order valence-electron chi connectivity index (χ0n) is 11.0. The minimum atomic E-state index is -4.44. The summed E-state index contributed by atoms with van der Waals surface area (Å²) in [6.45, 7) is 0. The van der Waals surface area contributed by atoms with E-state index in [1.54, 1.807) is 18.2 Å². The maximum absolute atomic E-state index is 12.9. The first-order chi connectivity index (χ1) is 9.97. The van der Waals surface area contributed by atoms with E-state index in [2.05, 4.69) is 10.3 Å². The molecule has 0 amide bonds. The second-order valence-corrected chi connectivity index (χ2v) is 4.52. The number of pyridine rings is 1. The molecular formula is C15H11F3N2O. The molecule has 0 fully saturated rings. The zero-order valence-corrected chi connectivity index (χ0v) is 11.0. The Morgan fingerprint density at radius 2 is 1.86 bits per heavy atom. The molecule has 0 aliphatic carbocycles. The Morgan fingerprint density at radius 3 is 2.52 bits per heavy atom. The summed E-state index contributed by atoms with van der Waals surface area (Å²) in [6.07, 6.45) is -4.44. The summed E-state index contributed by atoms with van der Waals surface area (Å²) in [6, 6.07) is 10.8. The highest BCUT2D eigenvalue weighted by molar-refractivity contribution is 5.82. The number of para-hydroxylation sites is 1. The van der Waals surface area contributed by atoms with Gasteiger partial charge >= 0.3 is 6.18 Å². The number of nitrogens with zero attached hydrogens (tertiary/aromatic N) is 1. The summed E-state index contributed by atoms with van der Waals surface area (Å²) in [5.74, 6) is 0.444. The lowest BCUT2D eigenvalue weighted by atomic mass is 10.1. The Morgan fingerprint density at radius 1 is 1.10 bits per heavy atom.